The van der Waals surface area contributed by atoms with Crippen LogP contribution in [0, 0.1) is 0 Å². The number of aliphatic hydroxyl groups excluding tert-OH is 1. The third-order valence-corrected chi connectivity index (χ3v) is 3.91. The molecule has 0 unspecified atom stereocenters. The van der Waals surface area contributed by atoms with Crippen LogP contribution < -0.4 is 9.47 Å². The quantitative estimate of drug-likeness (QED) is 0.859. The number of ketones is 1. The van der Waals surface area contributed by atoms with Crippen molar-refractivity contribution in [2.24, 2.45) is 4.99 Å². The molecule has 0 saturated carbocycles. The summed E-state index contributed by atoms with van der Waals surface area (Å²) in [5, 5.41) is 10.3. The van der Waals surface area contributed by atoms with Gasteiger partial charge in [0.15, 0.2) is 17.3 Å². The van der Waals surface area contributed by atoms with Crippen LogP contribution in [0.2, 0.25) is 0 Å². The fourth-order valence-corrected chi connectivity index (χ4v) is 2.80. The largest absolute Gasteiger partial charge is 0.506 e. The van der Waals surface area contributed by atoms with Gasteiger partial charge in [-0.3, -0.25) is 9.79 Å². The van der Waals surface area contributed by atoms with E-state index in [9.17, 15) is 9.90 Å². The smallest absolute Gasteiger partial charge is 0.231 e. The molecule has 114 valence electrons. The lowest BCUT2D eigenvalue weighted by atomic mass is 10.1. The van der Waals surface area contributed by atoms with E-state index in [0.717, 1.165) is 0 Å². The Hall–Kier alpha value is -3.08. The Morgan fingerprint density at radius 1 is 1.09 bits per heavy atom. The summed E-state index contributed by atoms with van der Waals surface area (Å²) in [5.41, 5.74) is 2.38. The molecule has 23 heavy (non-hydrogen) atoms. The number of rotatable bonds is 2. The summed E-state index contributed by atoms with van der Waals surface area (Å²) >= 11 is 0. The van der Waals surface area contributed by atoms with Gasteiger partial charge in [-0.25, -0.2) is 0 Å². The Morgan fingerprint density at radius 2 is 1.83 bits per heavy atom. The molecule has 1 heterocycles. The molecule has 2 aromatic rings. The summed E-state index contributed by atoms with van der Waals surface area (Å²) in [6.45, 7) is 1.90. The van der Waals surface area contributed by atoms with E-state index in [1.165, 1.54) is 0 Å². The Bertz CT molecular complexity index is 896. The Kier molecular flexibility index (Phi) is 2.94. The van der Waals surface area contributed by atoms with Crippen molar-refractivity contribution in [1.82, 2.24) is 0 Å². The van der Waals surface area contributed by atoms with Gasteiger partial charge in [0.1, 0.15) is 5.76 Å². The number of Topliss-reactive ketones (excluding diaryl/α,β-unsaturated/α-hetero) is 1. The van der Waals surface area contributed by atoms with Crippen molar-refractivity contribution in [2.75, 3.05) is 6.79 Å². The number of ether oxygens (including phenoxy) is 2. The highest BCUT2D eigenvalue weighted by Crippen LogP contribution is 2.36. The minimum atomic E-state index is -0.208. The van der Waals surface area contributed by atoms with Gasteiger partial charge in [-0.1, -0.05) is 24.3 Å². The number of hydrogen-bond donors (Lipinski definition) is 1. The number of allylic oxidation sites excluding steroid dienone is 1. The second kappa shape index (κ2) is 4.98. The number of nitrogens with zero attached hydrogens (tertiary/aromatic N) is 1. The zero-order valence-electron chi connectivity index (χ0n) is 12.4. The molecule has 0 bridgehead atoms. The lowest BCUT2D eigenvalue weighted by molar-refractivity contribution is 0.104. The lowest BCUT2D eigenvalue weighted by Gasteiger charge is -2.03. The average Bonchev–Trinajstić information content (AvgIpc) is 3.11. The van der Waals surface area contributed by atoms with Crippen LogP contribution in [0.4, 0.5) is 5.69 Å². The highest BCUT2D eigenvalue weighted by atomic mass is 16.7. The number of aliphatic imine (C=N–C) groups is 1. The third kappa shape index (κ3) is 2.09. The molecule has 0 aromatic heterocycles. The molecule has 1 aliphatic carbocycles. The standard InChI is InChI=1S/C18H13NO4/c1-10(19-11-6-7-14-15(8-11)23-9-22-14)16-17(20)12-4-2-3-5-13(12)18(16)21/h2-8,20H,9H2,1H3. The molecule has 4 rings (SSSR count). The number of fused-ring (bicyclic) bond motifs is 2. The summed E-state index contributed by atoms with van der Waals surface area (Å²) in [6.07, 6.45) is 0. The molecule has 0 spiro atoms. The molecule has 5 nitrogen and oxygen atoms in total. The predicted molar refractivity (Wildman–Crippen MR) is 85.7 cm³/mol. The molecular formula is C18H13NO4. The number of hydrogen-bond acceptors (Lipinski definition) is 5. The van der Waals surface area contributed by atoms with E-state index in [1.54, 1.807) is 49.4 Å². The van der Waals surface area contributed by atoms with Gasteiger partial charge in [-0.15, -0.1) is 0 Å². The van der Waals surface area contributed by atoms with E-state index < -0.39 is 0 Å². The fraction of sp³-hybridized carbons (Fsp3) is 0.111. The number of aliphatic hydroxyl groups is 1. The maximum atomic E-state index is 12.5. The molecule has 2 aromatic carbocycles. The first-order chi connectivity index (χ1) is 11.1. The first-order valence-corrected chi connectivity index (χ1v) is 7.18. The minimum Gasteiger partial charge on any atom is -0.506 e. The second-order valence-electron chi connectivity index (χ2n) is 5.33. The Balaban J connectivity index is 1.74. The van der Waals surface area contributed by atoms with E-state index in [4.69, 9.17) is 9.47 Å². The van der Waals surface area contributed by atoms with Gasteiger partial charge in [-0.2, -0.15) is 0 Å². The van der Waals surface area contributed by atoms with E-state index in [0.29, 0.717) is 34.0 Å². The molecule has 1 N–H and O–H groups in total. The molecule has 0 radical (unpaired) electrons. The van der Waals surface area contributed by atoms with Crippen molar-refractivity contribution in [3.8, 4) is 11.5 Å². The topological polar surface area (TPSA) is 68.1 Å². The van der Waals surface area contributed by atoms with Crippen molar-refractivity contribution >= 4 is 22.9 Å². The van der Waals surface area contributed by atoms with E-state index in [2.05, 4.69) is 4.99 Å². The van der Waals surface area contributed by atoms with Gasteiger partial charge < -0.3 is 14.6 Å². The molecule has 0 amide bonds. The van der Waals surface area contributed by atoms with Crippen LogP contribution in [0.15, 0.2) is 53.0 Å². The van der Waals surface area contributed by atoms with E-state index in [1.807, 2.05) is 0 Å². The summed E-state index contributed by atoms with van der Waals surface area (Å²) in [6, 6.07) is 12.3. The van der Waals surface area contributed by atoms with Gasteiger partial charge in [0.25, 0.3) is 0 Å². The molecule has 0 atom stereocenters. The monoisotopic (exact) mass is 307 g/mol. The Morgan fingerprint density at radius 3 is 2.61 bits per heavy atom. The van der Waals surface area contributed by atoms with Crippen LogP contribution in [0.25, 0.3) is 5.76 Å². The highest BCUT2D eigenvalue weighted by Gasteiger charge is 2.30. The van der Waals surface area contributed by atoms with Crippen LogP contribution in [-0.4, -0.2) is 23.4 Å². The number of carbonyl (C=O) groups is 1. The number of benzene rings is 2. The van der Waals surface area contributed by atoms with Gasteiger partial charge >= 0.3 is 0 Å². The van der Waals surface area contributed by atoms with Gasteiger partial charge in [0.2, 0.25) is 6.79 Å². The molecule has 1 aliphatic heterocycles. The lowest BCUT2D eigenvalue weighted by Crippen LogP contribution is -2.07. The maximum absolute atomic E-state index is 12.5. The summed E-state index contributed by atoms with van der Waals surface area (Å²) in [7, 11) is 0. The van der Waals surface area contributed by atoms with Crippen LogP contribution >= 0.6 is 0 Å². The van der Waals surface area contributed by atoms with Crippen molar-refractivity contribution < 1.29 is 19.4 Å². The SMILES string of the molecule is CC(=Nc1ccc2c(c1)OCO2)C1=C(O)c2ccccc2C1=O. The zero-order chi connectivity index (χ0) is 16.0. The molecule has 5 heteroatoms. The van der Waals surface area contributed by atoms with Crippen molar-refractivity contribution in [1.29, 1.82) is 0 Å². The summed E-state index contributed by atoms with van der Waals surface area (Å²) in [4.78, 5) is 16.9. The van der Waals surface area contributed by atoms with Crippen LogP contribution in [0.1, 0.15) is 22.8 Å². The molecular weight excluding hydrogens is 294 g/mol. The first kappa shape index (κ1) is 13.6. The maximum Gasteiger partial charge on any atom is 0.231 e. The second-order valence-corrected chi connectivity index (χ2v) is 5.33. The van der Waals surface area contributed by atoms with Gasteiger partial charge in [0.05, 0.1) is 17.0 Å². The summed E-state index contributed by atoms with van der Waals surface area (Å²) in [5.74, 6) is 1.07. The van der Waals surface area contributed by atoms with E-state index in [-0.39, 0.29) is 23.9 Å². The number of carbonyl (C=O) groups excluding carboxylic acids is 1. The third-order valence-electron chi connectivity index (χ3n) is 3.91. The van der Waals surface area contributed by atoms with Crippen LogP contribution in [0.5, 0.6) is 11.5 Å². The molecule has 0 saturated heterocycles. The first-order valence-electron chi connectivity index (χ1n) is 7.18. The molecule has 0 fully saturated rings. The van der Waals surface area contributed by atoms with E-state index >= 15 is 0 Å². The predicted octanol–water partition coefficient (Wildman–Crippen LogP) is 3.67. The van der Waals surface area contributed by atoms with Crippen LogP contribution in [-0.2, 0) is 0 Å². The van der Waals surface area contributed by atoms with Crippen molar-refractivity contribution in [2.45, 2.75) is 6.92 Å². The van der Waals surface area contributed by atoms with Crippen molar-refractivity contribution in [3.63, 3.8) is 0 Å². The zero-order valence-corrected chi connectivity index (χ0v) is 12.4. The highest BCUT2D eigenvalue weighted by molar-refractivity contribution is 6.35. The van der Waals surface area contributed by atoms with Crippen molar-refractivity contribution in [3.05, 3.63) is 59.2 Å². The fourth-order valence-electron chi connectivity index (χ4n) is 2.80. The van der Waals surface area contributed by atoms with Gasteiger partial charge in [0, 0.05) is 17.2 Å². The minimum absolute atomic E-state index is 0.0207. The average molecular weight is 307 g/mol. The van der Waals surface area contributed by atoms with Crippen LogP contribution in [0.3, 0.4) is 0 Å². The summed E-state index contributed by atoms with van der Waals surface area (Å²) < 4.78 is 10.6. The molecule has 2 aliphatic rings. The Labute approximate surface area is 132 Å². The normalized spacial score (nSPS) is 16.0. The van der Waals surface area contributed by atoms with Gasteiger partial charge in [-0.05, 0) is 19.1 Å².